The molecule has 3 rings (SSSR count). The minimum atomic E-state index is -0.116. The minimum absolute atomic E-state index is 0. The van der Waals surface area contributed by atoms with Crippen molar-refractivity contribution in [2.45, 2.75) is 52.1 Å². The molecule has 1 heterocycles. The fraction of sp³-hybridized carbons (Fsp3) is 0.524. The van der Waals surface area contributed by atoms with E-state index in [1.165, 1.54) is 0 Å². The van der Waals surface area contributed by atoms with Crippen LogP contribution in [-0.2, 0) is 18.5 Å². The van der Waals surface area contributed by atoms with Crippen molar-refractivity contribution in [3.63, 3.8) is 0 Å². The van der Waals surface area contributed by atoms with E-state index in [9.17, 15) is 4.39 Å². The summed E-state index contributed by atoms with van der Waals surface area (Å²) in [4.78, 5) is 9.12. The Labute approximate surface area is 184 Å². The third-order valence-electron chi connectivity index (χ3n) is 4.98. The average Bonchev–Trinajstić information content (AvgIpc) is 3.30. The number of imidazole rings is 1. The molecule has 7 heteroatoms. The molecular weight excluding hydrogens is 468 g/mol. The van der Waals surface area contributed by atoms with Crippen molar-refractivity contribution in [2.24, 2.45) is 10.9 Å². The molecule has 0 unspecified atom stereocenters. The zero-order valence-corrected chi connectivity index (χ0v) is 19.2. The Morgan fingerprint density at radius 3 is 2.68 bits per heavy atom. The van der Waals surface area contributed by atoms with Crippen LogP contribution in [0.4, 0.5) is 4.39 Å². The van der Waals surface area contributed by atoms with E-state index in [2.05, 4.69) is 39.0 Å². The van der Waals surface area contributed by atoms with E-state index in [1.807, 2.05) is 31.5 Å². The number of nitrogens with zero attached hydrogens (tertiary/aromatic N) is 3. The highest BCUT2D eigenvalue weighted by atomic mass is 127. The SMILES string of the molecule is CCNC(=NCc1nccn1CC(C)C)NCC1(c2ccccc2F)CC1.I. The Balaban J connectivity index is 0.00000280. The second-order valence-corrected chi connectivity index (χ2v) is 7.70. The summed E-state index contributed by atoms with van der Waals surface area (Å²) in [7, 11) is 0. The third kappa shape index (κ3) is 5.68. The molecule has 5 nitrogen and oxygen atoms in total. The number of aliphatic imine (C=N–C) groups is 1. The molecule has 0 radical (unpaired) electrons. The molecule has 1 fully saturated rings. The summed E-state index contributed by atoms with van der Waals surface area (Å²) < 4.78 is 16.3. The summed E-state index contributed by atoms with van der Waals surface area (Å²) in [5, 5.41) is 6.69. The van der Waals surface area contributed by atoms with Crippen LogP contribution in [0.25, 0.3) is 0 Å². The van der Waals surface area contributed by atoms with Gasteiger partial charge in [0.25, 0.3) is 0 Å². The normalized spacial score (nSPS) is 15.2. The van der Waals surface area contributed by atoms with E-state index >= 15 is 0 Å². The highest BCUT2D eigenvalue weighted by molar-refractivity contribution is 14.0. The van der Waals surface area contributed by atoms with E-state index < -0.39 is 0 Å². The highest BCUT2D eigenvalue weighted by Gasteiger charge is 2.45. The van der Waals surface area contributed by atoms with Crippen molar-refractivity contribution in [2.75, 3.05) is 13.1 Å². The number of hydrogen-bond acceptors (Lipinski definition) is 2. The second kappa shape index (κ2) is 10.2. The summed E-state index contributed by atoms with van der Waals surface area (Å²) in [5.41, 5.74) is 0.693. The zero-order chi connectivity index (χ0) is 19.3. The van der Waals surface area contributed by atoms with Crippen LogP contribution in [0.5, 0.6) is 0 Å². The lowest BCUT2D eigenvalue weighted by atomic mass is 9.95. The van der Waals surface area contributed by atoms with Gasteiger partial charge in [-0.2, -0.15) is 0 Å². The number of guanidine groups is 1. The van der Waals surface area contributed by atoms with Crippen LogP contribution < -0.4 is 10.6 Å². The molecule has 1 aromatic carbocycles. The Morgan fingerprint density at radius 2 is 2.04 bits per heavy atom. The first-order valence-corrected chi connectivity index (χ1v) is 9.81. The van der Waals surface area contributed by atoms with Gasteiger partial charge in [-0.25, -0.2) is 14.4 Å². The molecule has 1 aromatic heterocycles. The van der Waals surface area contributed by atoms with Crippen molar-refractivity contribution >= 4 is 29.9 Å². The van der Waals surface area contributed by atoms with Crippen molar-refractivity contribution in [3.8, 4) is 0 Å². The molecule has 28 heavy (non-hydrogen) atoms. The second-order valence-electron chi connectivity index (χ2n) is 7.70. The van der Waals surface area contributed by atoms with Crippen LogP contribution in [0, 0.1) is 11.7 Å². The molecule has 0 amide bonds. The number of rotatable bonds is 8. The van der Waals surface area contributed by atoms with Gasteiger partial charge in [0.05, 0.1) is 0 Å². The quantitative estimate of drug-likeness (QED) is 0.327. The van der Waals surface area contributed by atoms with E-state index in [0.29, 0.717) is 19.0 Å². The van der Waals surface area contributed by atoms with Gasteiger partial charge in [0.15, 0.2) is 5.96 Å². The summed E-state index contributed by atoms with van der Waals surface area (Å²) in [5.74, 6) is 2.15. The molecule has 0 bridgehead atoms. The lowest BCUT2D eigenvalue weighted by Gasteiger charge is -2.19. The van der Waals surface area contributed by atoms with Crippen molar-refractivity contribution < 1.29 is 4.39 Å². The minimum Gasteiger partial charge on any atom is -0.357 e. The van der Waals surface area contributed by atoms with E-state index in [-0.39, 0.29) is 35.2 Å². The first kappa shape index (κ1) is 22.6. The van der Waals surface area contributed by atoms with Gasteiger partial charge < -0.3 is 15.2 Å². The summed E-state index contributed by atoms with van der Waals surface area (Å²) in [6.45, 7) is 9.33. The molecule has 1 saturated carbocycles. The van der Waals surface area contributed by atoms with Gasteiger partial charge >= 0.3 is 0 Å². The molecule has 1 aliphatic rings. The van der Waals surface area contributed by atoms with Crippen molar-refractivity contribution in [3.05, 3.63) is 53.9 Å². The molecule has 0 saturated heterocycles. The molecule has 0 spiro atoms. The predicted octanol–water partition coefficient (Wildman–Crippen LogP) is 4.08. The van der Waals surface area contributed by atoms with Crippen LogP contribution in [0.3, 0.4) is 0 Å². The van der Waals surface area contributed by atoms with Crippen LogP contribution in [0.1, 0.15) is 45.0 Å². The van der Waals surface area contributed by atoms with Gasteiger partial charge in [-0.3, -0.25) is 0 Å². The topological polar surface area (TPSA) is 54.2 Å². The number of halogens is 2. The summed E-state index contributed by atoms with van der Waals surface area (Å²) in [6.07, 6.45) is 5.83. The Hall–Kier alpha value is -1.64. The van der Waals surface area contributed by atoms with E-state index in [1.54, 1.807) is 12.1 Å². The molecule has 2 N–H and O–H groups in total. The van der Waals surface area contributed by atoms with Gasteiger partial charge in [-0.1, -0.05) is 32.0 Å². The maximum atomic E-state index is 14.2. The van der Waals surface area contributed by atoms with Gasteiger partial charge in [-0.05, 0) is 37.3 Å². The van der Waals surface area contributed by atoms with Gasteiger partial charge in [0.2, 0.25) is 0 Å². The first-order valence-electron chi connectivity index (χ1n) is 9.81. The Kier molecular flexibility index (Phi) is 8.27. The molecular formula is C21H31FIN5. The smallest absolute Gasteiger partial charge is 0.191 e. The molecule has 154 valence electrons. The third-order valence-corrected chi connectivity index (χ3v) is 4.98. The lowest BCUT2D eigenvalue weighted by Crippen LogP contribution is -2.41. The largest absolute Gasteiger partial charge is 0.357 e. The number of benzene rings is 1. The van der Waals surface area contributed by atoms with Gasteiger partial charge in [0.1, 0.15) is 18.2 Å². The summed E-state index contributed by atoms with van der Waals surface area (Å²) in [6, 6.07) is 7.10. The van der Waals surface area contributed by atoms with Crippen LogP contribution in [0.2, 0.25) is 0 Å². The maximum Gasteiger partial charge on any atom is 0.191 e. The van der Waals surface area contributed by atoms with Crippen molar-refractivity contribution in [1.82, 2.24) is 20.2 Å². The molecule has 1 aliphatic carbocycles. The zero-order valence-electron chi connectivity index (χ0n) is 16.9. The molecule has 2 aromatic rings. The monoisotopic (exact) mass is 499 g/mol. The maximum absolute atomic E-state index is 14.2. The number of hydrogen-bond donors (Lipinski definition) is 2. The van der Waals surface area contributed by atoms with E-state index in [4.69, 9.17) is 0 Å². The fourth-order valence-corrected chi connectivity index (χ4v) is 3.38. The number of nitrogens with one attached hydrogen (secondary N) is 2. The number of aromatic nitrogens is 2. The molecule has 0 aliphatic heterocycles. The average molecular weight is 499 g/mol. The summed E-state index contributed by atoms with van der Waals surface area (Å²) >= 11 is 0. The molecule has 0 atom stereocenters. The van der Waals surface area contributed by atoms with E-state index in [0.717, 1.165) is 43.3 Å². The Morgan fingerprint density at radius 1 is 1.29 bits per heavy atom. The van der Waals surface area contributed by atoms with Crippen molar-refractivity contribution in [1.29, 1.82) is 0 Å². The van der Waals surface area contributed by atoms with Crippen LogP contribution >= 0.6 is 24.0 Å². The highest BCUT2D eigenvalue weighted by Crippen LogP contribution is 2.48. The first-order chi connectivity index (χ1) is 13.0. The fourth-order valence-electron chi connectivity index (χ4n) is 3.38. The van der Waals surface area contributed by atoms with Gasteiger partial charge in [0, 0.05) is 37.4 Å². The predicted molar refractivity (Wildman–Crippen MR) is 123 cm³/mol. The van der Waals surface area contributed by atoms with Crippen LogP contribution in [0.15, 0.2) is 41.7 Å². The Bertz CT molecular complexity index is 783. The standard InChI is InChI=1S/C21H30FN5.HI/c1-4-23-20(25-13-19-24-11-12-27(19)14-16(2)3)26-15-21(9-10-21)17-7-5-6-8-18(17)22;/h5-8,11-12,16H,4,9-10,13-15H2,1-3H3,(H2,23,25,26);1H. The van der Waals surface area contributed by atoms with Crippen LogP contribution in [-0.4, -0.2) is 28.6 Å². The lowest BCUT2D eigenvalue weighted by molar-refractivity contribution is 0.507. The van der Waals surface area contributed by atoms with Gasteiger partial charge in [-0.15, -0.1) is 24.0 Å².